The minimum atomic E-state index is -0.747. The van der Waals surface area contributed by atoms with Gasteiger partial charge < -0.3 is 9.84 Å². The summed E-state index contributed by atoms with van der Waals surface area (Å²) in [6, 6.07) is 7.07. The average molecular weight is 210 g/mol. The highest BCUT2D eigenvalue weighted by atomic mass is 16.5. The lowest BCUT2D eigenvalue weighted by Gasteiger charge is -2.15. The average Bonchev–Trinajstić information content (AvgIpc) is 2.28. The van der Waals surface area contributed by atoms with Gasteiger partial charge in [-0.1, -0.05) is 12.1 Å². The number of nitroso groups, excluding NO2 is 1. The Morgan fingerprint density at radius 1 is 1.60 bits per heavy atom. The Morgan fingerprint density at radius 3 is 2.93 bits per heavy atom. The van der Waals surface area contributed by atoms with Crippen LogP contribution in [0.15, 0.2) is 29.6 Å². The molecule has 0 aromatic heterocycles. The molecule has 0 radical (unpaired) electrons. The Kier molecular flexibility index (Phi) is 4.05. The number of nitrogens with zero attached hydrogens (tertiary/aromatic N) is 2. The monoisotopic (exact) mass is 210 g/mol. The Bertz CT molecular complexity index is 330. The topological polar surface area (TPSA) is 62.1 Å². The van der Waals surface area contributed by atoms with Crippen LogP contribution in [0.25, 0.3) is 0 Å². The standard InChI is InChI=1S/C10H14N2O3/c1-12(11-14)7-10(13)8-4-3-5-9(6-8)15-2/h3-6,10,13H,7H2,1-2H3. The van der Waals surface area contributed by atoms with Gasteiger partial charge in [0, 0.05) is 7.05 Å². The molecule has 0 heterocycles. The van der Waals surface area contributed by atoms with Crippen LogP contribution in [0.5, 0.6) is 5.75 Å². The van der Waals surface area contributed by atoms with Crippen LogP contribution in [0, 0.1) is 4.91 Å². The van der Waals surface area contributed by atoms with E-state index in [1.54, 1.807) is 31.4 Å². The summed E-state index contributed by atoms with van der Waals surface area (Å²) in [6.45, 7) is 0.163. The highest BCUT2D eigenvalue weighted by molar-refractivity contribution is 5.29. The third kappa shape index (κ3) is 3.21. The van der Waals surface area contributed by atoms with Crippen molar-refractivity contribution in [2.75, 3.05) is 20.7 Å². The van der Waals surface area contributed by atoms with Crippen LogP contribution >= 0.6 is 0 Å². The van der Waals surface area contributed by atoms with Gasteiger partial charge in [0.15, 0.2) is 0 Å². The lowest BCUT2D eigenvalue weighted by atomic mass is 10.1. The summed E-state index contributed by atoms with van der Waals surface area (Å²) in [6.07, 6.45) is -0.747. The summed E-state index contributed by atoms with van der Waals surface area (Å²) in [4.78, 5) is 10.1. The van der Waals surface area contributed by atoms with Gasteiger partial charge in [0.25, 0.3) is 0 Å². The molecule has 15 heavy (non-hydrogen) atoms. The molecule has 0 aliphatic rings. The molecule has 1 rings (SSSR count). The van der Waals surface area contributed by atoms with E-state index in [4.69, 9.17) is 4.74 Å². The van der Waals surface area contributed by atoms with Crippen molar-refractivity contribution in [3.05, 3.63) is 34.7 Å². The smallest absolute Gasteiger partial charge is 0.119 e. The zero-order chi connectivity index (χ0) is 11.3. The van der Waals surface area contributed by atoms with Crippen molar-refractivity contribution in [2.45, 2.75) is 6.10 Å². The maximum absolute atomic E-state index is 10.1. The largest absolute Gasteiger partial charge is 0.497 e. The molecule has 1 N–H and O–H groups in total. The van der Waals surface area contributed by atoms with Gasteiger partial charge in [0.2, 0.25) is 0 Å². The summed E-state index contributed by atoms with van der Waals surface area (Å²) in [7, 11) is 3.07. The van der Waals surface area contributed by atoms with E-state index < -0.39 is 6.10 Å². The van der Waals surface area contributed by atoms with E-state index in [9.17, 15) is 10.0 Å². The van der Waals surface area contributed by atoms with Crippen LogP contribution in [0.2, 0.25) is 0 Å². The number of ether oxygens (including phenoxy) is 1. The molecule has 1 atom stereocenters. The number of benzene rings is 1. The predicted octanol–water partition coefficient (Wildman–Crippen LogP) is 1.34. The van der Waals surface area contributed by atoms with Crippen LogP contribution in [0.1, 0.15) is 11.7 Å². The number of hydrogen-bond acceptors (Lipinski definition) is 4. The summed E-state index contributed by atoms with van der Waals surface area (Å²) in [5.74, 6) is 0.674. The molecule has 82 valence electrons. The van der Waals surface area contributed by atoms with Crippen molar-refractivity contribution < 1.29 is 9.84 Å². The van der Waals surface area contributed by atoms with Crippen LogP contribution in [0.3, 0.4) is 0 Å². The third-order valence-electron chi connectivity index (χ3n) is 2.06. The first-order valence-corrected chi connectivity index (χ1v) is 4.53. The van der Waals surface area contributed by atoms with Gasteiger partial charge in [0.05, 0.1) is 25.0 Å². The Balaban J connectivity index is 2.72. The second kappa shape index (κ2) is 5.31. The third-order valence-corrected chi connectivity index (χ3v) is 2.06. The second-order valence-corrected chi connectivity index (χ2v) is 3.21. The van der Waals surface area contributed by atoms with E-state index in [0.717, 1.165) is 5.01 Å². The Hall–Kier alpha value is -1.62. The Labute approximate surface area is 88.2 Å². The molecule has 0 saturated carbocycles. The van der Waals surface area contributed by atoms with Gasteiger partial charge in [-0.3, -0.25) is 5.01 Å². The van der Waals surface area contributed by atoms with Gasteiger partial charge in [-0.25, -0.2) is 0 Å². The van der Waals surface area contributed by atoms with Crippen molar-refractivity contribution in [1.82, 2.24) is 5.01 Å². The van der Waals surface area contributed by atoms with Gasteiger partial charge in [-0.05, 0) is 17.7 Å². The second-order valence-electron chi connectivity index (χ2n) is 3.21. The molecule has 5 nitrogen and oxygen atoms in total. The van der Waals surface area contributed by atoms with Gasteiger partial charge in [-0.2, -0.15) is 0 Å². The maximum Gasteiger partial charge on any atom is 0.119 e. The van der Waals surface area contributed by atoms with Crippen LogP contribution in [-0.2, 0) is 0 Å². The molecule has 0 bridgehead atoms. The minimum Gasteiger partial charge on any atom is -0.497 e. The number of hydrogen-bond donors (Lipinski definition) is 1. The molecule has 5 heteroatoms. The van der Waals surface area contributed by atoms with E-state index in [-0.39, 0.29) is 6.54 Å². The van der Waals surface area contributed by atoms with Crippen molar-refractivity contribution in [2.24, 2.45) is 5.29 Å². The number of likely N-dealkylation sites (N-methyl/N-ethyl adjacent to an activating group) is 1. The fourth-order valence-electron chi connectivity index (χ4n) is 1.24. The van der Waals surface area contributed by atoms with Crippen molar-refractivity contribution in [1.29, 1.82) is 0 Å². The minimum absolute atomic E-state index is 0.163. The molecular formula is C10H14N2O3. The first kappa shape index (κ1) is 11.5. The quantitative estimate of drug-likeness (QED) is 0.588. The molecule has 0 aliphatic heterocycles. The fraction of sp³-hybridized carbons (Fsp3) is 0.400. The number of aliphatic hydroxyl groups excluding tert-OH is 1. The van der Waals surface area contributed by atoms with E-state index in [1.165, 1.54) is 7.05 Å². The van der Waals surface area contributed by atoms with E-state index in [0.29, 0.717) is 11.3 Å². The van der Waals surface area contributed by atoms with Crippen molar-refractivity contribution in [3.63, 3.8) is 0 Å². The SMILES string of the molecule is COc1cccc(C(O)CN(C)N=O)c1. The molecule has 1 aromatic carbocycles. The van der Waals surface area contributed by atoms with Gasteiger partial charge in [0.1, 0.15) is 5.75 Å². The van der Waals surface area contributed by atoms with Crippen LogP contribution < -0.4 is 4.74 Å². The zero-order valence-electron chi connectivity index (χ0n) is 8.75. The molecule has 1 aromatic rings. The van der Waals surface area contributed by atoms with Crippen molar-refractivity contribution >= 4 is 0 Å². The Morgan fingerprint density at radius 2 is 2.33 bits per heavy atom. The van der Waals surface area contributed by atoms with Crippen LogP contribution in [0.4, 0.5) is 0 Å². The number of rotatable bonds is 5. The van der Waals surface area contributed by atoms with E-state index in [1.807, 2.05) is 0 Å². The van der Waals surface area contributed by atoms with E-state index >= 15 is 0 Å². The van der Waals surface area contributed by atoms with Crippen molar-refractivity contribution in [3.8, 4) is 5.75 Å². The zero-order valence-corrected chi connectivity index (χ0v) is 8.75. The first-order chi connectivity index (χ1) is 7.17. The van der Waals surface area contributed by atoms with Gasteiger partial charge in [-0.15, -0.1) is 4.91 Å². The molecular weight excluding hydrogens is 196 g/mol. The number of aliphatic hydroxyl groups is 1. The highest BCUT2D eigenvalue weighted by Crippen LogP contribution is 2.19. The molecule has 0 fully saturated rings. The highest BCUT2D eigenvalue weighted by Gasteiger charge is 2.10. The van der Waals surface area contributed by atoms with E-state index in [2.05, 4.69) is 5.29 Å². The normalized spacial score (nSPS) is 11.9. The summed E-state index contributed by atoms with van der Waals surface area (Å²) < 4.78 is 5.03. The fourth-order valence-corrected chi connectivity index (χ4v) is 1.24. The molecule has 1 unspecified atom stereocenters. The summed E-state index contributed by atoms with van der Waals surface area (Å²) >= 11 is 0. The molecule has 0 saturated heterocycles. The predicted molar refractivity (Wildman–Crippen MR) is 56.4 cm³/mol. The maximum atomic E-state index is 10.1. The number of methoxy groups -OCH3 is 1. The lowest BCUT2D eigenvalue weighted by molar-refractivity contribution is 0.127. The van der Waals surface area contributed by atoms with Crippen LogP contribution in [-0.4, -0.2) is 30.8 Å². The first-order valence-electron chi connectivity index (χ1n) is 4.53. The molecule has 0 aliphatic carbocycles. The summed E-state index contributed by atoms with van der Waals surface area (Å²) in [5.41, 5.74) is 0.699. The molecule has 0 amide bonds. The molecule has 0 spiro atoms. The lowest BCUT2D eigenvalue weighted by Crippen LogP contribution is -2.18. The van der Waals surface area contributed by atoms with Gasteiger partial charge >= 0.3 is 0 Å². The summed E-state index contributed by atoms with van der Waals surface area (Å²) in [5, 5.41) is 13.6.